The standard InChI is InChI=1S/C21H25N5O/c1-14-15(2)24-20(18-4-5-18)25-21(14)27-13-16-7-9-26(10-8-16)19-6-3-17(11-22)12-23-19/h3,6,12,16,18H,4-5,7-10,13H2,1-2H3. The topological polar surface area (TPSA) is 74.9 Å². The molecule has 2 aromatic rings. The van der Waals surface area contributed by atoms with Gasteiger partial charge < -0.3 is 9.64 Å². The highest BCUT2D eigenvalue weighted by Gasteiger charge is 2.28. The minimum absolute atomic E-state index is 0.527. The molecule has 2 aromatic heterocycles. The zero-order chi connectivity index (χ0) is 18.8. The first kappa shape index (κ1) is 17.7. The highest BCUT2D eigenvalue weighted by molar-refractivity contribution is 5.42. The SMILES string of the molecule is Cc1nc(C2CC2)nc(OCC2CCN(c3ccc(C#N)cn3)CC2)c1C. The number of rotatable bonds is 5. The molecule has 0 radical (unpaired) electrons. The zero-order valence-corrected chi connectivity index (χ0v) is 16.0. The molecule has 0 atom stereocenters. The summed E-state index contributed by atoms with van der Waals surface area (Å²) in [5.74, 6) is 3.73. The maximum absolute atomic E-state index is 8.89. The van der Waals surface area contributed by atoms with E-state index in [1.807, 2.05) is 26.0 Å². The van der Waals surface area contributed by atoms with Gasteiger partial charge in [-0.15, -0.1) is 0 Å². The molecule has 2 aliphatic rings. The van der Waals surface area contributed by atoms with E-state index >= 15 is 0 Å². The Balaban J connectivity index is 1.32. The van der Waals surface area contributed by atoms with Gasteiger partial charge in [-0.05, 0) is 57.6 Å². The Morgan fingerprint density at radius 1 is 1.15 bits per heavy atom. The molecule has 6 nitrogen and oxygen atoms in total. The minimum atomic E-state index is 0.527. The van der Waals surface area contributed by atoms with E-state index in [0.29, 0.717) is 24.0 Å². The van der Waals surface area contributed by atoms with Crippen molar-refractivity contribution in [1.29, 1.82) is 5.26 Å². The molecule has 0 amide bonds. The molecule has 0 spiro atoms. The number of hydrogen-bond donors (Lipinski definition) is 0. The predicted molar refractivity (Wildman–Crippen MR) is 103 cm³/mol. The van der Waals surface area contributed by atoms with Gasteiger partial charge in [0.15, 0.2) is 0 Å². The van der Waals surface area contributed by atoms with Gasteiger partial charge >= 0.3 is 0 Å². The number of hydrogen-bond acceptors (Lipinski definition) is 6. The van der Waals surface area contributed by atoms with Crippen LogP contribution in [0.3, 0.4) is 0 Å². The summed E-state index contributed by atoms with van der Waals surface area (Å²) in [5, 5.41) is 8.89. The summed E-state index contributed by atoms with van der Waals surface area (Å²) >= 11 is 0. The number of anilines is 1. The van der Waals surface area contributed by atoms with Crippen LogP contribution in [0.1, 0.15) is 54.2 Å². The molecule has 0 N–H and O–H groups in total. The van der Waals surface area contributed by atoms with Crippen molar-refractivity contribution in [2.75, 3.05) is 24.6 Å². The van der Waals surface area contributed by atoms with Crippen LogP contribution in [-0.2, 0) is 0 Å². The van der Waals surface area contributed by atoms with E-state index < -0.39 is 0 Å². The van der Waals surface area contributed by atoms with Crippen molar-refractivity contribution in [2.24, 2.45) is 5.92 Å². The molecule has 140 valence electrons. The van der Waals surface area contributed by atoms with E-state index in [-0.39, 0.29) is 0 Å². The average molecular weight is 363 g/mol. The fraction of sp³-hybridized carbons (Fsp3) is 0.524. The van der Waals surface area contributed by atoms with Crippen LogP contribution in [0.5, 0.6) is 5.88 Å². The summed E-state index contributed by atoms with van der Waals surface area (Å²) in [6, 6.07) is 5.87. The van der Waals surface area contributed by atoms with E-state index in [1.54, 1.807) is 6.20 Å². The molecule has 3 heterocycles. The molecule has 27 heavy (non-hydrogen) atoms. The maximum atomic E-state index is 8.89. The lowest BCUT2D eigenvalue weighted by Gasteiger charge is -2.32. The van der Waals surface area contributed by atoms with Crippen LogP contribution in [0, 0.1) is 31.1 Å². The molecular formula is C21H25N5O. The molecule has 1 saturated carbocycles. The maximum Gasteiger partial charge on any atom is 0.219 e. The molecular weight excluding hydrogens is 338 g/mol. The highest BCUT2D eigenvalue weighted by Crippen LogP contribution is 2.39. The monoisotopic (exact) mass is 363 g/mol. The fourth-order valence-electron chi connectivity index (χ4n) is 3.45. The van der Waals surface area contributed by atoms with E-state index in [1.165, 1.54) is 12.8 Å². The summed E-state index contributed by atoms with van der Waals surface area (Å²) in [6.45, 7) is 6.71. The van der Waals surface area contributed by atoms with Crippen LogP contribution in [0.15, 0.2) is 18.3 Å². The van der Waals surface area contributed by atoms with Crippen LogP contribution in [0.25, 0.3) is 0 Å². The Bertz CT molecular complexity index is 846. The van der Waals surface area contributed by atoms with Crippen molar-refractivity contribution < 1.29 is 4.74 Å². The lowest BCUT2D eigenvalue weighted by Crippen LogP contribution is -2.36. The first-order valence-corrected chi connectivity index (χ1v) is 9.73. The molecule has 1 saturated heterocycles. The number of piperidine rings is 1. The molecule has 0 aromatic carbocycles. The predicted octanol–water partition coefficient (Wildman–Crippen LogP) is 3.53. The van der Waals surface area contributed by atoms with Crippen molar-refractivity contribution in [1.82, 2.24) is 15.0 Å². The van der Waals surface area contributed by atoms with Crippen LogP contribution >= 0.6 is 0 Å². The van der Waals surface area contributed by atoms with Gasteiger partial charge in [0.2, 0.25) is 5.88 Å². The summed E-state index contributed by atoms with van der Waals surface area (Å²) in [6.07, 6.45) is 6.18. The van der Waals surface area contributed by atoms with Crippen molar-refractivity contribution >= 4 is 5.82 Å². The second-order valence-corrected chi connectivity index (χ2v) is 7.63. The van der Waals surface area contributed by atoms with Crippen molar-refractivity contribution in [3.8, 4) is 11.9 Å². The van der Waals surface area contributed by atoms with E-state index in [2.05, 4.69) is 25.9 Å². The van der Waals surface area contributed by atoms with E-state index in [0.717, 1.165) is 54.7 Å². The molecule has 0 unspecified atom stereocenters. The normalized spacial score (nSPS) is 17.6. The summed E-state index contributed by atoms with van der Waals surface area (Å²) < 4.78 is 6.13. The average Bonchev–Trinajstić information content (AvgIpc) is 3.55. The van der Waals surface area contributed by atoms with Gasteiger partial charge in [0.05, 0.1) is 12.2 Å². The third-order valence-corrected chi connectivity index (χ3v) is 5.58. The van der Waals surface area contributed by atoms with Crippen LogP contribution in [-0.4, -0.2) is 34.6 Å². The Kier molecular flexibility index (Phi) is 4.93. The third-order valence-electron chi connectivity index (χ3n) is 5.58. The second kappa shape index (κ2) is 7.51. The van der Waals surface area contributed by atoms with Crippen LogP contribution < -0.4 is 9.64 Å². The number of aromatic nitrogens is 3. The number of aryl methyl sites for hydroxylation is 1. The molecule has 2 fully saturated rings. The van der Waals surface area contributed by atoms with Crippen molar-refractivity contribution in [3.05, 3.63) is 41.0 Å². The van der Waals surface area contributed by atoms with Crippen molar-refractivity contribution in [2.45, 2.75) is 45.4 Å². The van der Waals surface area contributed by atoms with Crippen LogP contribution in [0.4, 0.5) is 5.82 Å². The van der Waals surface area contributed by atoms with Gasteiger partial charge in [-0.2, -0.15) is 10.2 Å². The lowest BCUT2D eigenvalue weighted by molar-refractivity contribution is 0.213. The van der Waals surface area contributed by atoms with Gasteiger partial charge in [0, 0.05) is 36.5 Å². The molecule has 4 rings (SSSR count). The number of pyridine rings is 1. The third kappa shape index (κ3) is 4.02. The Hall–Kier alpha value is -2.68. The van der Waals surface area contributed by atoms with Crippen molar-refractivity contribution in [3.63, 3.8) is 0 Å². The first-order chi connectivity index (χ1) is 13.1. The van der Waals surface area contributed by atoms with E-state index in [4.69, 9.17) is 10.00 Å². The largest absolute Gasteiger partial charge is 0.477 e. The lowest BCUT2D eigenvalue weighted by atomic mass is 9.98. The number of nitriles is 1. The van der Waals surface area contributed by atoms with Gasteiger partial charge in [-0.1, -0.05) is 0 Å². The quantitative estimate of drug-likeness (QED) is 0.809. The Morgan fingerprint density at radius 2 is 1.93 bits per heavy atom. The number of nitrogens with zero attached hydrogens (tertiary/aromatic N) is 5. The minimum Gasteiger partial charge on any atom is -0.477 e. The fourth-order valence-corrected chi connectivity index (χ4v) is 3.45. The summed E-state index contributed by atoms with van der Waals surface area (Å²) in [7, 11) is 0. The van der Waals surface area contributed by atoms with E-state index in [9.17, 15) is 0 Å². The van der Waals surface area contributed by atoms with Gasteiger partial charge in [-0.25, -0.2) is 9.97 Å². The molecule has 0 bridgehead atoms. The second-order valence-electron chi connectivity index (χ2n) is 7.63. The summed E-state index contributed by atoms with van der Waals surface area (Å²) in [4.78, 5) is 16.0. The van der Waals surface area contributed by atoms with Crippen LogP contribution in [0.2, 0.25) is 0 Å². The summed E-state index contributed by atoms with van der Waals surface area (Å²) in [5.41, 5.74) is 2.69. The zero-order valence-electron chi connectivity index (χ0n) is 16.0. The first-order valence-electron chi connectivity index (χ1n) is 9.73. The molecule has 1 aliphatic carbocycles. The Labute approximate surface area is 160 Å². The van der Waals surface area contributed by atoms with Gasteiger partial charge in [-0.3, -0.25) is 0 Å². The number of ether oxygens (including phenoxy) is 1. The van der Waals surface area contributed by atoms with Gasteiger partial charge in [0.1, 0.15) is 17.7 Å². The smallest absolute Gasteiger partial charge is 0.219 e. The molecule has 1 aliphatic heterocycles. The molecule has 6 heteroatoms. The Morgan fingerprint density at radius 3 is 2.56 bits per heavy atom. The van der Waals surface area contributed by atoms with Gasteiger partial charge in [0.25, 0.3) is 0 Å². The highest BCUT2D eigenvalue weighted by atomic mass is 16.5.